The van der Waals surface area contributed by atoms with Crippen molar-refractivity contribution < 1.29 is 8.83 Å². The van der Waals surface area contributed by atoms with Gasteiger partial charge in [-0.1, -0.05) is 133 Å². The molecule has 0 saturated carbocycles. The van der Waals surface area contributed by atoms with Crippen molar-refractivity contribution in [2.24, 2.45) is 0 Å². The molecule has 0 radical (unpaired) electrons. The lowest BCUT2D eigenvalue weighted by atomic mass is 9.91. The molecular weight excluding hydrogens is 701 g/mol. The molecule has 1 aliphatic carbocycles. The van der Waals surface area contributed by atoms with Crippen LogP contribution in [-0.4, -0.2) is 21.0 Å². The van der Waals surface area contributed by atoms with Crippen molar-refractivity contribution in [3.8, 4) is 45.3 Å². The summed E-state index contributed by atoms with van der Waals surface area (Å²) in [7, 11) is 0. The van der Waals surface area contributed by atoms with E-state index in [-0.39, 0.29) is 6.04 Å². The topological polar surface area (TPSA) is 68.2 Å². The Hall–Kier alpha value is -7.57. The van der Waals surface area contributed by atoms with Crippen molar-refractivity contribution in [2.45, 2.75) is 12.0 Å². The first-order valence-corrected chi connectivity index (χ1v) is 19.3. The molecule has 0 amide bonds. The Morgan fingerprint density at radius 1 is 0.439 bits per heavy atom. The Kier molecular flexibility index (Phi) is 6.95. The van der Waals surface area contributed by atoms with Gasteiger partial charge in [0.25, 0.3) is 0 Å². The number of benzene rings is 7. The van der Waals surface area contributed by atoms with Gasteiger partial charge in [-0.3, -0.25) is 0 Å². The summed E-state index contributed by atoms with van der Waals surface area (Å²) in [5.74, 6) is 2.14. The summed E-state index contributed by atoms with van der Waals surface area (Å²) in [4.78, 5) is 17.5. The van der Waals surface area contributed by atoms with Gasteiger partial charge < -0.3 is 13.7 Å². The van der Waals surface area contributed by atoms with E-state index in [0.717, 1.165) is 77.4 Å². The molecule has 57 heavy (non-hydrogen) atoms. The Morgan fingerprint density at radius 3 is 1.79 bits per heavy atom. The van der Waals surface area contributed by atoms with Gasteiger partial charge in [-0.25, -0.2) is 15.0 Å². The van der Waals surface area contributed by atoms with E-state index in [2.05, 4.69) is 108 Å². The molecule has 6 heteroatoms. The van der Waals surface area contributed by atoms with E-state index in [1.54, 1.807) is 0 Å². The first-order valence-electron chi connectivity index (χ1n) is 19.3. The lowest BCUT2D eigenvalue weighted by molar-refractivity contribution is 0.668. The monoisotopic (exact) mass is 732 g/mol. The zero-order valence-corrected chi connectivity index (χ0v) is 30.6. The molecule has 2 atom stereocenters. The molecule has 0 fully saturated rings. The number of hydrogen-bond donors (Lipinski definition) is 0. The Labute approximate surface area is 327 Å². The van der Waals surface area contributed by atoms with Gasteiger partial charge in [-0.15, -0.1) is 0 Å². The van der Waals surface area contributed by atoms with Gasteiger partial charge in [0, 0.05) is 61.6 Å². The molecule has 268 valence electrons. The van der Waals surface area contributed by atoms with Crippen molar-refractivity contribution in [1.82, 2.24) is 15.0 Å². The van der Waals surface area contributed by atoms with E-state index < -0.39 is 0 Å². The summed E-state index contributed by atoms with van der Waals surface area (Å²) >= 11 is 0. The highest BCUT2D eigenvalue weighted by Gasteiger charge is 2.37. The van der Waals surface area contributed by atoms with Crippen LogP contribution in [0.1, 0.15) is 11.5 Å². The minimum atomic E-state index is 0.225. The fraction of sp³-hybridized carbons (Fsp3) is 0.0392. The van der Waals surface area contributed by atoms with Gasteiger partial charge in [-0.2, -0.15) is 0 Å². The van der Waals surface area contributed by atoms with Crippen LogP contribution in [0.5, 0.6) is 0 Å². The molecule has 7 aromatic carbocycles. The highest BCUT2D eigenvalue weighted by molar-refractivity contribution is 6.18. The maximum absolute atomic E-state index is 6.71. The average Bonchev–Trinajstić information content (AvgIpc) is 3.96. The highest BCUT2D eigenvalue weighted by Crippen LogP contribution is 2.49. The SMILES string of the molecule is C1=CC2c3ccccc3N(c3ccc4c(c3)oc3cc(-c5cccc6oc7cccc(-c8nc(-c9ccccc9)nc(-c9ccccc9)n8)c7c56)ccc34)C2C=C1. The van der Waals surface area contributed by atoms with Gasteiger partial charge in [-0.05, 0) is 59.2 Å². The maximum Gasteiger partial charge on any atom is 0.164 e. The summed E-state index contributed by atoms with van der Waals surface area (Å²) in [5, 5.41) is 4.13. The smallest absolute Gasteiger partial charge is 0.164 e. The lowest BCUT2D eigenvalue weighted by Crippen LogP contribution is -2.28. The van der Waals surface area contributed by atoms with Crippen LogP contribution >= 0.6 is 0 Å². The van der Waals surface area contributed by atoms with Crippen LogP contribution in [0.3, 0.4) is 0 Å². The summed E-state index contributed by atoms with van der Waals surface area (Å²) in [6.45, 7) is 0. The Balaban J connectivity index is 1.00. The Bertz CT molecular complexity index is 3210. The van der Waals surface area contributed by atoms with Gasteiger partial charge >= 0.3 is 0 Å². The van der Waals surface area contributed by atoms with E-state index in [4.69, 9.17) is 23.8 Å². The van der Waals surface area contributed by atoms with Crippen LogP contribution in [-0.2, 0) is 0 Å². The first kappa shape index (κ1) is 31.7. The maximum atomic E-state index is 6.71. The van der Waals surface area contributed by atoms with Crippen molar-refractivity contribution in [3.63, 3.8) is 0 Å². The fourth-order valence-electron chi connectivity index (χ4n) is 8.90. The molecule has 3 aromatic heterocycles. The first-order chi connectivity index (χ1) is 28.2. The molecule has 6 nitrogen and oxygen atoms in total. The van der Waals surface area contributed by atoms with E-state index in [0.29, 0.717) is 23.4 Å². The van der Waals surface area contributed by atoms with E-state index >= 15 is 0 Å². The summed E-state index contributed by atoms with van der Waals surface area (Å²) < 4.78 is 13.3. The number of nitrogens with zero attached hydrogens (tertiary/aromatic N) is 4. The highest BCUT2D eigenvalue weighted by atomic mass is 16.3. The zero-order valence-electron chi connectivity index (χ0n) is 30.6. The fourth-order valence-corrected chi connectivity index (χ4v) is 8.90. The zero-order chi connectivity index (χ0) is 37.5. The number of fused-ring (bicyclic) bond motifs is 9. The predicted octanol–water partition coefficient (Wildman–Crippen LogP) is 13.1. The van der Waals surface area contributed by atoms with Gasteiger partial charge in [0.1, 0.15) is 22.3 Å². The standard InChI is InChI=1S/C51H32N4O2/c1-3-13-31(14-4-1)49-52-50(32-15-5-2-6-16-32)54-51(53-49)40-20-12-24-44-48(40)47-35(19-11-23-43(47)56-44)33-25-27-38-39-28-26-34(30-46(39)57-45(38)29-33)55-41-21-9-7-17-36(41)37-18-8-10-22-42(37)55/h1-30,36,41H. The second-order valence-corrected chi connectivity index (χ2v) is 14.7. The van der Waals surface area contributed by atoms with Crippen molar-refractivity contribution in [1.29, 1.82) is 0 Å². The number of hydrogen-bond acceptors (Lipinski definition) is 6. The van der Waals surface area contributed by atoms with Crippen LogP contribution in [0.15, 0.2) is 191 Å². The number of allylic oxidation sites excluding steroid dienone is 2. The summed E-state index contributed by atoms with van der Waals surface area (Å²) in [5.41, 5.74) is 11.8. The van der Waals surface area contributed by atoms with Crippen LogP contribution in [0.25, 0.3) is 89.2 Å². The normalized spacial score (nSPS) is 15.9. The van der Waals surface area contributed by atoms with E-state index in [1.807, 2.05) is 78.9 Å². The van der Waals surface area contributed by atoms with Crippen molar-refractivity contribution in [3.05, 3.63) is 188 Å². The van der Waals surface area contributed by atoms with E-state index in [9.17, 15) is 0 Å². The average molecular weight is 733 g/mol. The summed E-state index contributed by atoms with van der Waals surface area (Å²) in [6.07, 6.45) is 8.93. The third-order valence-electron chi connectivity index (χ3n) is 11.5. The molecule has 2 aliphatic rings. The minimum Gasteiger partial charge on any atom is -0.456 e. The number of rotatable bonds is 5. The molecule has 2 unspecified atom stereocenters. The molecule has 12 rings (SSSR count). The van der Waals surface area contributed by atoms with Crippen LogP contribution in [0, 0.1) is 0 Å². The van der Waals surface area contributed by atoms with Crippen LogP contribution in [0.4, 0.5) is 11.4 Å². The van der Waals surface area contributed by atoms with Crippen LogP contribution in [0.2, 0.25) is 0 Å². The van der Waals surface area contributed by atoms with Crippen molar-refractivity contribution in [2.75, 3.05) is 4.90 Å². The largest absolute Gasteiger partial charge is 0.456 e. The third kappa shape index (κ3) is 5.00. The second-order valence-electron chi connectivity index (χ2n) is 14.7. The second kappa shape index (κ2) is 12.5. The molecule has 0 bridgehead atoms. The Morgan fingerprint density at radius 2 is 1.04 bits per heavy atom. The van der Waals surface area contributed by atoms with Crippen molar-refractivity contribution >= 4 is 55.3 Å². The number of furan rings is 2. The molecule has 0 saturated heterocycles. The number of anilines is 2. The predicted molar refractivity (Wildman–Crippen MR) is 230 cm³/mol. The number of aromatic nitrogens is 3. The molecule has 10 aromatic rings. The van der Waals surface area contributed by atoms with Gasteiger partial charge in [0.15, 0.2) is 17.5 Å². The van der Waals surface area contributed by atoms with Crippen LogP contribution < -0.4 is 4.90 Å². The third-order valence-corrected chi connectivity index (χ3v) is 11.5. The summed E-state index contributed by atoms with van der Waals surface area (Å²) in [6, 6.07) is 54.6. The molecule has 4 heterocycles. The molecule has 1 aliphatic heterocycles. The van der Waals surface area contributed by atoms with E-state index in [1.165, 1.54) is 11.3 Å². The van der Waals surface area contributed by atoms with Gasteiger partial charge in [0.05, 0.1) is 6.04 Å². The molecular formula is C51H32N4O2. The minimum absolute atomic E-state index is 0.225. The van der Waals surface area contributed by atoms with Gasteiger partial charge in [0.2, 0.25) is 0 Å². The lowest BCUT2D eigenvalue weighted by Gasteiger charge is -2.28. The molecule has 0 spiro atoms. The molecule has 0 N–H and O–H groups in total. The quantitative estimate of drug-likeness (QED) is 0.175. The number of para-hydroxylation sites is 1.